The van der Waals surface area contributed by atoms with E-state index in [0.717, 1.165) is 3.57 Å². The number of hydrogen-bond acceptors (Lipinski definition) is 3. The quantitative estimate of drug-likeness (QED) is 0.620. The van der Waals surface area contributed by atoms with E-state index in [1.807, 2.05) is 19.1 Å². The molecule has 3 rings (SSSR count). The van der Waals surface area contributed by atoms with Gasteiger partial charge in [0.05, 0.1) is 5.52 Å². The SMILES string of the molecule is CCn1c(=O)c(C(=O)Nc2ccc(I)cc2)c(O)c2ccccc21. The molecule has 0 fully saturated rings. The fraction of sp³-hybridized carbons (Fsp3) is 0.111. The zero-order valence-corrected chi connectivity index (χ0v) is 15.1. The normalized spacial score (nSPS) is 10.8. The number of halogens is 1. The second-order valence-electron chi connectivity index (χ2n) is 5.25. The smallest absolute Gasteiger partial charge is 0.267 e. The molecule has 0 saturated carbocycles. The average molecular weight is 434 g/mol. The van der Waals surface area contributed by atoms with Crippen molar-refractivity contribution in [1.82, 2.24) is 4.57 Å². The summed E-state index contributed by atoms with van der Waals surface area (Å²) in [5.41, 5.74) is 0.426. The van der Waals surface area contributed by atoms with E-state index in [-0.39, 0.29) is 11.3 Å². The number of carbonyl (C=O) groups is 1. The number of anilines is 1. The van der Waals surface area contributed by atoms with Crippen LogP contribution in [0.5, 0.6) is 5.75 Å². The fourth-order valence-electron chi connectivity index (χ4n) is 2.63. The van der Waals surface area contributed by atoms with Gasteiger partial charge in [-0.05, 0) is 65.9 Å². The number of pyridine rings is 1. The minimum Gasteiger partial charge on any atom is -0.506 e. The number of aromatic nitrogens is 1. The van der Waals surface area contributed by atoms with Gasteiger partial charge in [0.15, 0.2) is 0 Å². The number of nitrogens with zero attached hydrogens (tertiary/aromatic N) is 1. The van der Waals surface area contributed by atoms with Crippen molar-refractivity contribution < 1.29 is 9.90 Å². The highest BCUT2D eigenvalue weighted by molar-refractivity contribution is 14.1. The van der Waals surface area contributed by atoms with Gasteiger partial charge in [-0.2, -0.15) is 0 Å². The Morgan fingerprint density at radius 2 is 1.83 bits per heavy atom. The summed E-state index contributed by atoms with van der Waals surface area (Å²) in [4.78, 5) is 25.2. The van der Waals surface area contributed by atoms with Crippen LogP contribution in [0, 0.1) is 3.57 Å². The van der Waals surface area contributed by atoms with Gasteiger partial charge in [-0.1, -0.05) is 12.1 Å². The fourth-order valence-corrected chi connectivity index (χ4v) is 2.99. The van der Waals surface area contributed by atoms with E-state index >= 15 is 0 Å². The van der Waals surface area contributed by atoms with Gasteiger partial charge >= 0.3 is 0 Å². The van der Waals surface area contributed by atoms with Crippen molar-refractivity contribution in [3.05, 3.63) is 68.0 Å². The highest BCUT2D eigenvalue weighted by Gasteiger charge is 2.21. The molecule has 5 nitrogen and oxygen atoms in total. The van der Waals surface area contributed by atoms with Crippen molar-refractivity contribution in [3.8, 4) is 5.75 Å². The van der Waals surface area contributed by atoms with E-state index in [1.165, 1.54) is 4.57 Å². The van der Waals surface area contributed by atoms with E-state index in [2.05, 4.69) is 27.9 Å². The molecule has 1 aromatic heterocycles. The Bertz CT molecular complexity index is 978. The molecule has 2 aromatic carbocycles. The van der Waals surface area contributed by atoms with Crippen molar-refractivity contribution in [2.24, 2.45) is 0 Å². The Kier molecular flexibility index (Phi) is 4.57. The van der Waals surface area contributed by atoms with Crippen LogP contribution in [0.2, 0.25) is 0 Å². The lowest BCUT2D eigenvalue weighted by Crippen LogP contribution is -2.29. The molecule has 0 aliphatic rings. The topological polar surface area (TPSA) is 71.3 Å². The zero-order chi connectivity index (χ0) is 17.3. The third kappa shape index (κ3) is 2.89. The van der Waals surface area contributed by atoms with Gasteiger partial charge in [-0.3, -0.25) is 9.59 Å². The predicted molar refractivity (Wildman–Crippen MR) is 103 cm³/mol. The van der Waals surface area contributed by atoms with Crippen molar-refractivity contribution in [2.45, 2.75) is 13.5 Å². The number of nitrogens with one attached hydrogen (secondary N) is 1. The number of amides is 1. The lowest BCUT2D eigenvalue weighted by molar-refractivity contribution is 0.102. The summed E-state index contributed by atoms with van der Waals surface area (Å²) >= 11 is 2.17. The molecule has 0 spiro atoms. The molecule has 1 amide bonds. The highest BCUT2D eigenvalue weighted by Crippen LogP contribution is 2.26. The Morgan fingerprint density at radius 3 is 2.50 bits per heavy atom. The van der Waals surface area contributed by atoms with Crippen molar-refractivity contribution in [2.75, 3.05) is 5.32 Å². The molecule has 0 aliphatic heterocycles. The van der Waals surface area contributed by atoms with E-state index in [1.54, 1.807) is 36.4 Å². The van der Waals surface area contributed by atoms with Crippen LogP contribution in [0.1, 0.15) is 17.3 Å². The minimum absolute atomic E-state index is 0.242. The summed E-state index contributed by atoms with van der Waals surface area (Å²) in [6.07, 6.45) is 0. The summed E-state index contributed by atoms with van der Waals surface area (Å²) in [5.74, 6) is -0.907. The molecule has 0 unspecified atom stereocenters. The van der Waals surface area contributed by atoms with Gasteiger partial charge in [0.2, 0.25) is 0 Å². The molecule has 0 radical (unpaired) electrons. The molecule has 0 atom stereocenters. The molecule has 6 heteroatoms. The van der Waals surface area contributed by atoms with Crippen LogP contribution in [0.15, 0.2) is 53.3 Å². The zero-order valence-electron chi connectivity index (χ0n) is 12.9. The summed E-state index contributed by atoms with van der Waals surface area (Å²) < 4.78 is 2.52. The third-order valence-electron chi connectivity index (χ3n) is 3.79. The van der Waals surface area contributed by atoms with Gasteiger partial charge in [-0.15, -0.1) is 0 Å². The number of rotatable bonds is 3. The van der Waals surface area contributed by atoms with Crippen LogP contribution in [0.25, 0.3) is 10.9 Å². The van der Waals surface area contributed by atoms with Crippen molar-refractivity contribution in [1.29, 1.82) is 0 Å². The number of fused-ring (bicyclic) bond motifs is 1. The molecule has 0 aliphatic carbocycles. The maximum absolute atomic E-state index is 12.7. The average Bonchev–Trinajstić information content (AvgIpc) is 2.57. The second kappa shape index (κ2) is 6.64. The van der Waals surface area contributed by atoms with Crippen molar-refractivity contribution in [3.63, 3.8) is 0 Å². The number of aryl methyl sites for hydroxylation is 1. The molecule has 24 heavy (non-hydrogen) atoms. The van der Waals surface area contributed by atoms with Crippen molar-refractivity contribution >= 4 is 45.1 Å². The molecule has 2 N–H and O–H groups in total. The van der Waals surface area contributed by atoms with E-state index in [0.29, 0.717) is 23.1 Å². The number of benzene rings is 2. The number of aromatic hydroxyl groups is 1. The first-order valence-corrected chi connectivity index (χ1v) is 8.52. The first-order valence-electron chi connectivity index (χ1n) is 7.44. The number of para-hydroxylation sites is 1. The highest BCUT2D eigenvalue weighted by atomic mass is 127. The number of hydrogen-bond donors (Lipinski definition) is 2. The van der Waals surface area contributed by atoms with Crippen LogP contribution >= 0.6 is 22.6 Å². The van der Waals surface area contributed by atoms with E-state index in [9.17, 15) is 14.7 Å². The molecular weight excluding hydrogens is 419 g/mol. The third-order valence-corrected chi connectivity index (χ3v) is 4.51. The molecular formula is C18H15IN2O3. The molecule has 3 aromatic rings. The minimum atomic E-state index is -0.619. The first kappa shape index (κ1) is 16.5. The lowest BCUT2D eigenvalue weighted by Gasteiger charge is -2.13. The van der Waals surface area contributed by atoms with Gasteiger partial charge < -0.3 is 15.0 Å². The molecule has 1 heterocycles. The van der Waals surface area contributed by atoms with Crippen LogP contribution < -0.4 is 10.9 Å². The van der Waals surface area contributed by atoms with Crippen LogP contribution in [0.4, 0.5) is 5.69 Å². The van der Waals surface area contributed by atoms with Gasteiger partial charge in [0.1, 0.15) is 11.3 Å². The largest absolute Gasteiger partial charge is 0.506 e. The summed E-state index contributed by atoms with van der Waals surface area (Å²) in [7, 11) is 0. The van der Waals surface area contributed by atoms with E-state index < -0.39 is 11.5 Å². The standard InChI is InChI=1S/C18H15IN2O3/c1-2-21-14-6-4-3-5-13(14)16(22)15(18(21)24)17(23)20-12-9-7-11(19)8-10-12/h3-10,22H,2H2,1H3,(H,20,23). The van der Waals surface area contributed by atoms with Crippen LogP contribution in [-0.2, 0) is 6.54 Å². The van der Waals surface area contributed by atoms with Crippen LogP contribution in [0.3, 0.4) is 0 Å². The van der Waals surface area contributed by atoms with Gasteiger partial charge in [0, 0.05) is 21.2 Å². The lowest BCUT2D eigenvalue weighted by atomic mass is 10.1. The first-order chi connectivity index (χ1) is 11.5. The summed E-state index contributed by atoms with van der Waals surface area (Å²) in [6, 6.07) is 14.2. The van der Waals surface area contributed by atoms with Crippen LogP contribution in [-0.4, -0.2) is 15.6 Å². The molecule has 122 valence electrons. The number of carbonyl (C=O) groups excluding carboxylic acids is 1. The summed E-state index contributed by atoms with van der Waals surface area (Å²) in [5, 5.41) is 13.6. The molecule has 0 saturated heterocycles. The monoisotopic (exact) mass is 434 g/mol. The predicted octanol–water partition coefficient (Wildman–Crippen LogP) is 3.58. The maximum atomic E-state index is 12.7. The van der Waals surface area contributed by atoms with Gasteiger partial charge in [-0.25, -0.2) is 0 Å². The Morgan fingerprint density at radius 1 is 1.17 bits per heavy atom. The Hall–Kier alpha value is -2.35. The van der Waals surface area contributed by atoms with Gasteiger partial charge in [0.25, 0.3) is 11.5 Å². The maximum Gasteiger partial charge on any atom is 0.267 e. The second-order valence-corrected chi connectivity index (χ2v) is 6.50. The van der Waals surface area contributed by atoms with E-state index in [4.69, 9.17) is 0 Å². The Balaban J connectivity index is 2.13. The molecule has 0 bridgehead atoms. The Labute approximate surface area is 152 Å². The summed E-state index contributed by atoms with van der Waals surface area (Å²) in [6.45, 7) is 2.23.